The van der Waals surface area contributed by atoms with Crippen molar-refractivity contribution in [1.29, 1.82) is 0 Å². The van der Waals surface area contributed by atoms with Gasteiger partial charge in [-0.3, -0.25) is 4.79 Å². The largest absolute Gasteiger partial charge is 0.459 e. The molecular weight excluding hydrogens is 366 g/mol. The van der Waals surface area contributed by atoms with Gasteiger partial charge in [-0.05, 0) is 48.3 Å². The molecule has 0 unspecified atom stereocenters. The van der Waals surface area contributed by atoms with Crippen molar-refractivity contribution in [3.05, 3.63) is 57.9 Å². The SMILES string of the molecule is CCOCCOC(=O)c1[nH]c2c(c1C)C(=O)C[C@@H](c1ccc(C(C)(C)C)cc1)C2. The van der Waals surface area contributed by atoms with Crippen molar-refractivity contribution in [1.82, 2.24) is 4.98 Å². The van der Waals surface area contributed by atoms with Crippen LogP contribution in [-0.2, 0) is 21.3 Å². The molecule has 1 aliphatic carbocycles. The molecule has 1 heterocycles. The lowest BCUT2D eigenvalue weighted by molar-refractivity contribution is 0.0329. The summed E-state index contributed by atoms with van der Waals surface area (Å²) in [5.74, 6) is -0.238. The maximum Gasteiger partial charge on any atom is 0.355 e. The smallest absolute Gasteiger partial charge is 0.355 e. The van der Waals surface area contributed by atoms with E-state index in [2.05, 4.69) is 50.0 Å². The highest BCUT2D eigenvalue weighted by molar-refractivity contribution is 6.03. The number of aromatic nitrogens is 1. The van der Waals surface area contributed by atoms with Crippen molar-refractivity contribution in [2.75, 3.05) is 19.8 Å². The van der Waals surface area contributed by atoms with Crippen LogP contribution in [-0.4, -0.2) is 36.6 Å². The average Bonchev–Trinajstić information content (AvgIpc) is 3.01. The molecule has 1 N–H and O–H groups in total. The number of H-pyrrole nitrogens is 1. The van der Waals surface area contributed by atoms with Crippen molar-refractivity contribution in [2.45, 2.75) is 58.8 Å². The van der Waals surface area contributed by atoms with Gasteiger partial charge in [-0.15, -0.1) is 0 Å². The predicted octanol–water partition coefficient (Wildman–Crippen LogP) is 4.73. The van der Waals surface area contributed by atoms with E-state index < -0.39 is 5.97 Å². The minimum Gasteiger partial charge on any atom is -0.459 e. The molecule has 0 radical (unpaired) electrons. The summed E-state index contributed by atoms with van der Waals surface area (Å²) in [5, 5.41) is 0. The number of carbonyl (C=O) groups excluding carboxylic acids is 2. The van der Waals surface area contributed by atoms with E-state index in [0.717, 1.165) is 11.3 Å². The topological polar surface area (TPSA) is 68.4 Å². The van der Waals surface area contributed by atoms with Gasteiger partial charge < -0.3 is 14.5 Å². The number of Topliss-reactive ketones (excluding diaryl/α,β-unsaturated/α-hetero) is 1. The molecule has 0 amide bonds. The summed E-state index contributed by atoms with van der Waals surface area (Å²) >= 11 is 0. The molecule has 0 aliphatic heterocycles. The monoisotopic (exact) mass is 397 g/mol. The first-order valence-electron chi connectivity index (χ1n) is 10.3. The number of fused-ring (bicyclic) bond motifs is 1. The Hall–Kier alpha value is -2.40. The van der Waals surface area contributed by atoms with Crippen LogP contribution in [0.15, 0.2) is 24.3 Å². The van der Waals surface area contributed by atoms with Gasteiger partial charge in [-0.25, -0.2) is 4.79 Å². The average molecular weight is 398 g/mol. The molecule has 0 fully saturated rings. The van der Waals surface area contributed by atoms with Crippen molar-refractivity contribution in [2.24, 2.45) is 0 Å². The Balaban J connectivity index is 1.78. The number of carbonyl (C=O) groups is 2. The van der Waals surface area contributed by atoms with E-state index >= 15 is 0 Å². The van der Waals surface area contributed by atoms with Gasteiger partial charge in [-0.2, -0.15) is 0 Å². The molecule has 0 bridgehead atoms. The molecule has 1 aromatic carbocycles. The summed E-state index contributed by atoms with van der Waals surface area (Å²) in [4.78, 5) is 28.4. The molecule has 5 nitrogen and oxygen atoms in total. The standard InChI is InChI=1S/C24H31NO4/c1-6-28-11-12-29-23(27)22-15(2)21-19(25-22)13-17(14-20(21)26)16-7-9-18(10-8-16)24(3,4)5/h7-10,17,25H,6,11-14H2,1-5H3/t17-/m0/s1. The van der Waals surface area contributed by atoms with Gasteiger partial charge in [0.05, 0.1) is 6.61 Å². The highest BCUT2D eigenvalue weighted by atomic mass is 16.6. The van der Waals surface area contributed by atoms with Crippen molar-refractivity contribution in [3.8, 4) is 0 Å². The summed E-state index contributed by atoms with van der Waals surface area (Å²) in [6.45, 7) is 11.4. The Morgan fingerprint density at radius 2 is 1.83 bits per heavy atom. The van der Waals surface area contributed by atoms with Gasteiger partial charge >= 0.3 is 5.97 Å². The van der Waals surface area contributed by atoms with E-state index in [-0.39, 0.29) is 23.7 Å². The van der Waals surface area contributed by atoms with E-state index in [1.807, 2.05) is 13.8 Å². The summed E-state index contributed by atoms with van der Waals surface area (Å²) < 4.78 is 10.5. The first-order chi connectivity index (χ1) is 13.7. The first-order valence-corrected chi connectivity index (χ1v) is 10.3. The lowest BCUT2D eigenvalue weighted by Crippen LogP contribution is -2.19. The molecule has 1 aliphatic rings. The van der Waals surface area contributed by atoms with E-state index in [0.29, 0.717) is 42.9 Å². The van der Waals surface area contributed by atoms with Crippen LogP contribution in [0.3, 0.4) is 0 Å². The number of benzene rings is 1. The Labute approximate surface area is 172 Å². The number of ether oxygens (including phenoxy) is 2. The van der Waals surface area contributed by atoms with Gasteiger partial charge in [0.25, 0.3) is 0 Å². The fourth-order valence-electron chi connectivity index (χ4n) is 3.94. The number of nitrogens with one attached hydrogen (secondary N) is 1. The number of hydrogen-bond donors (Lipinski definition) is 1. The number of ketones is 1. The molecule has 2 aromatic rings. The second kappa shape index (κ2) is 8.54. The molecular formula is C24H31NO4. The summed E-state index contributed by atoms with van der Waals surface area (Å²) in [5.41, 5.74) is 5.09. The maximum absolute atomic E-state index is 12.9. The quantitative estimate of drug-likeness (QED) is 0.565. The van der Waals surface area contributed by atoms with Crippen LogP contribution < -0.4 is 0 Å². The summed E-state index contributed by atoms with van der Waals surface area (Å²) in [6, 6.07) is 8.55. The van der Waals surface area contributed by atoms with Gasteiger partial charge in [0, 0.05) is 24.3 Å². The van der Waals surface area contributed by atoms with Crippen LogP contribution in [0.25, 0.3) is 0 Å². The van der Waals surface area contributed by atoms with Crippen LogP contribution in [0.1, 0.15) is 83.3 Å². The minimum absolute atomic E-state index is 0.0817. The minimum atomic E-state index is -0.435. The first kappa shape index (κ1) is 21.3. The normalized spacial score (nSPS) is 16.6. The molecule has 0 saturated carbocycles. The Bertz CT molecular complexity index is 887. The van der Waals surface area contributed by atoms with E-state index in [1.54, 1.807) is 0 Å². The molecule has 5 heteroatoms. The zero-order valence-electron chi connectivity index (χ0n) is 18.1. The Morgan fingerprint density at radius 1 is 1.14 bits per heavy atom. The lowest BCUT2D eigenvalue weighted by atomic mass is 9.80. The van der Waals surface area contributed by atoms with Gasteiger partial charge in [-0.1, -0.05) is 45.0 Å². The summed E-state index contributed by atoms with van der Waals surface area (Å²) in [6.07, 6.45) is 1.17. The van der Waals surface area contributed by atoms with Crippen LogP contribution in [0.4, 0.5) is 0 Å². The molecule has 0 spiro atoms. The number of hydrogen-bond acceptors (Lipinski definition) is 4. The van der Waals surface area contributed by atoms with Crippen molar-refractivity contribution < 1.29 is 19.1 Å². The number of aromatic amines is 1. The molecule has 29 heavy (non-hydrogen) atoms. The van der Waals surface area contributed by atoms with Crippen molar-refractivity contribution in [3.63, 3.8) is 0 Å². The third kappa shape index (κ3) is 4.61. The van der Waals surface area contributed by atoms with Crippen LogP contribution in [0.2, 0.25) is 0 Å². The molecule has 1 atom stereocenters. The van der Waals surface area contributed by atoms with E-state index in [9.17, 15) is 9.59 Å². The van der Waals surface area contributed by atoms with E-state index in [4.69, 9.17) is 9.47 Å². The van der Waals surface area contributed by atoms with Gasteiger partial charge in [0.2, 0.25) is 0 Å². The second-order valence-electron chi connectivity index (χ2n) is 8.71. The lowest BCUT2D eigenvalue weighted by Gasteiger charge is -2.24. The second-order valence-corrected chi connectivity index (χ2v) is 8.71. The molecule has 1 aromatic heterocycles. The maximum atomic E-state index is 12.9. The molecule has 0 saturated heterocycles. The Kier molecular flexibility index (Phi) is 6.27. The van der Waals surface area contributed by atoms with Gasteiger partial charge in [0.1, 0.15) is 12.3 Å². The number of esters is 1. The van der Waals surface area contributed by atoms with Crippen LogP contribution in [0.5, 0.6) is 0 Å². The van der Waals surface area contributed by atoms with Crippen LogP contribution >= 0.6 is 0 Å². The van der Waals surface area contributed by atoms with Crippen LogP contribution in [0, 0.1) is 6.92 Å². The summed E-state index contributed by atoms with van der Waals surface area (Å²) in [7, 11) is 0. The molecule has 156 valence electrons. The van der Waals surface area contributed by atoms with E-state index in [1.165, 1.54) is 5.56 Å². The van der Waals surface area contributed by atoms with Gasteiger partial charge in [0.15, 0.2) is 5.78 Å². The predicted molar refractivity (Wildman–Crippen MR) is 113 cm³/mol. The highest BCUT2D eigenvalue weighted by Crippen LogP contribution is 2.36. The Morgan fingerprint density at radius 3 is 2.45 bits per heavy atom. The third-order valence-electron chi connectivity index (χ3n) is 5.61. The third-order valence-corrected chi connectivity index (χ3v) is 5.61. The van der Waals surface area contributed by atoms with Crippen molar-refractivity contribution >= 4 is 11.8 Å². The molecule has 3 rings (SSSR count). The number of rotatable bonds is 6. The zero-order valence-corrected chi connectivity index (χ0v) is 18.1. The fourth-order valence-corrected chi connectivity index (χ4v) is 3.94. The fraction of sp³-hybridized carbons (Fsp3) is 0.500. The zero-order chi connectivity index (χ0) is 21.2. The highest BCUT2D eigenvalue weighted by Gasteiger charge is 2.32.